The highest BCUT2D eigenvalue weighted by Crippen LogP contribution is 2.34. The first-order chi connectivity index (χ1) is 15.9. The molecule has 0 aliphatic rings. The van der Waals surface area contributed by atoms with Crippen LogP contribution in [0.15, 0.2) is 30.3 Å². The van der Waals surface area contributed by atoms with Gasteiger partial charge in [0.15, 0.2) is 6.61 Å². The molecule has 0 heterocycles. The molecule has 0 aliphatic heterocycles. The first kappa shape index (κ1) is 25.8. The second-order valence-electron chi connectivity index (χ2n) is 7.45. The van der Waals surface area contributed by atoms with E-state index in [-0.39, 0.29) is 0 Å². The number of hydrogen-bond acceptors (Lipinski definition) is 6. The van der Waals surface area contributed by atoms with Crippen LogP contribution < -0.4 is 24.7 Å². The Bertz CT molecular complexity index is 943. The van der Waals surface area contributed by atoms with Crippen LogP contribution in [0, 0.1) is 0 Å². The Hall–Kier alpha value is -3.42. The molecule has 0 saturated carbocycles. The summed E-state index contributed by atoms with van der Waals surface area (Å²) < 4.78 is 22.8. The molecule has 0 fully saturated rings. The molecule has 33 heavy (non-hydrogen) atoms. The van der Waals surface area contributed by atoms with E-state index in [1.165, 1.54) is 7.11 Å². The number of methoxy groups -OCH3 is 1. The van der Waals surface area contributed by atoms with Crippen LogP contribution in [0.3, 0.4) is 0 Å². The Morgan fingerprint density at radius 2 is 1.45 bits per heavy atom. The minimum atomic E-state index is -1.02. The smallest absolute Gasteiger partial charge is 0.341 e. The van der Waals surface area contributed by atoms with Crippen molar-refractivity contribution in [3.63, 3.8) is 0 Å². The summed E-state index contributed by atoms with van der Waals surface area (Å²) in [5, 5.41) is 8.89. The summed E-state index contributed by atoms with van der Waals surface area (Å²) in [7, 11) is 1.51. The Kier molecular flexibility index (Phi) is 10.3. The Morgan fingerprint density at radius 1 is 0.879 bits per heavy atom. The maximum Gasteiger partial charge on any atom is 0.341 e. The van der Waals surface area contributed by atoms with Crippen molar-refractivity contribution in [2.24, 2.45) is 5.73 Å². The number of benzene rings is 2. The van der Waals surface area contributed by atoms with Gasteiger partial charge >= 0.3 is 5.97 Å². The molecule has 2 rings (SSSR count). The van der Waals surface area contributed by atoms with Crippen molar-refractivity contribution in [3.05, 3.63) is 47.0 Å². The monoisotopic (exact) mass is 459 g/mol. The average molecular weight is 460 g/mol. The number of carboxylic acid groups (broad SMARTS) is 1. The van der Waals surface area contributed by atoms with Gasteiger partial charge in [0.1, 0.15) is 23.0 Å². The van der Waals surface area contributed by atoms with Crippen molar-refractivity contribution in [3.8, 4) is 23.0 Å². The maximum absolute atomic E-state index is 11.7. The third-order valence-electron chi connectivity index (χ3n) is 4.93. The first-order valence-corrected chi connectivity index (χ1v) is 11.1. The standard InChI is InChI=1S/C25H33NO7/c1-4-8-17-20(10-6-11-21(17)33-16-23(27)28)31-14-7-15-32-22-13-12-19(25(26)29)24(30-3)18(22)9-5-2/h6,10-13H,4-5,7-9,14-16H2,1-3H3,(H2,26,29)(H,27,28). The quantitative estimate of drug-likeness (QED) is 0.386. The van der Waals surface area contributed by atoms with Gasteiger partial charge in [0.25, 0.3) is 5.91 Å². The number of rotatable bonds is 15. The molecular formula is C25H33NO7. The summed E-state index contributed by atoms with van der Waals surface area (Å²) >= 11 is 0. The van der Waals surface area contributed by atoms with E-state index >= 15 is 0 Å². The normalized spacial score (nSPS) is 10.5. The second-order valence-corrected chi connectivity index (χ2v) is 7.45. The van der Waals surface area contributed by atoms with Gasteiger partial charge in [-0.15, -0.1) is 0 Å². The van der Waals surface area contributed by atoms with Crippen LogP contribution in [0.5, 0.6) is 23.0 Å². The van der Waals surface area contributed by atoms with Gasteiger partial charge in [0.05, 0.1) is 25.9 Å². The van der Waals surface area contributed by atoms with E-state index < -0.39 is 18.5 Å². The van der Waals surface area contributed by atoms with E-state index in [2.05, 4.69) is 0 Å². The molecule has 1 amide bonds. The Balaban J connectivity index is 2.01. The van der Waals surface area contributed by atoms with E-state index in [1.54, 1.807) is 24.3 Å². The van der Waals surface area contributed by atoms with Crippen LogP contribution in [0.2, 0.25) is 0 Å². The number of ether oxygens (including phenoxy) is 4. The third-order valence-corrected chi connectivity index (χ3v) is 4.93. The number of primary amides is 1. The highest BCUT2D eigenvalue weighted by Gasteiger charge is 2.18. The fourth-order valence-electron chi connectivity index (χ4n) is 3.53. The molecule has 0 atom stereocenters. The van der Waals surface area contributed by atoms with E-state index in [4.69, 9.17) is 29.8 Å². The van der Waals surface area contributed by atoms with Gasteiger partial charge in [-0.25, -0.2) is 4.79 Å². The molecule has 8 heteroatoms. The van der Waals surface area contributed by atoms with Crippen molar-refractivity contribution < 1.29 is 33.6 Å². The number of hydrogen-bond donors (Lipinski definition) is 2. The predicted octanol–water partition coefficient (Wildman–Crippen LogP) is 4.01. The number of carbonyl (C=O) groups is 2. The van der Waals surface area contributed by atoms with Crippen LogP contribution in [0.1, 0.15) is 54.6 Å². The zero-order valence-electron chi connectivity index (χ0n) is 19.5. The topological polar surface area (TPSA) is 117 Å². The molecule has 0 unspecified atom stereocenters. The minimum Gasteiger partial charge on any atom is -0.495 e. The van der Waals surface area contributed by atoms with Crippen molar-refractivity contribution in [2.75, 3.05) is 26.9 Å². The van der Waals surface area contributed by atoms with E-state index in [9.17, 15) is 9.59 Å². The van der Waals surface area contributed by atoms with E-state index in [1.807, 2.05) is 19.9 Å². The summed E-state index contributed by atoms with van der Waals surface area (Å²) in [4.78, 5) is 22.5. The summed E-state index contributed by atoms with van der Waals surface area (Å²) in [5.41, 5.74) is 7.49. The van der Waals surface area contributed by atoms with Gasteiger partial charge in [-0.2, -0.15) is 0 Å². The average Bonchev–Trinajstić information content (AvgIpc) is 2.79. The highest BCUT2D eigenvalue weighted by molar-refractivity contribution is 5.96. The van der Waals surface area contributed by atoms with E-state index in [0.29, 0.717) is 61.0 Å². The first-order valence-electron chi connectivity index (χ1n) is 11.1. The van der Waals surface area contributed by atoms with Gasteiger partial charge in [-0.1, -0.05) is 32.8 Å². The van der Waals surface area contributed by atoms with Gasteiger partial charge in [-0.05, 0) is 37.1 Å². The Labute approximate surface area is 194 Å². The van der Waals surface area contributed by atoms with Crippen molar-refractivity contribution in [2.45, 2.75) is 46.0 Å². The van der Waals surface area contributed by atoms with Gasteiger partial charge in [-0.3, -0.25) is 4.79 Å². The number of nitrogens with two attached hydrogens (primary N) is 1. The molecule has 0 spiro atoms. The number of carbonyl (C=O) groups excluding carboxylic acids is 1. The molecule has 2 aromatic carbocycles. The number of carboxylic acids is 1. The molecule has 0 bridgehead atoms. The number of aliphatic carboxylic acids is 1. The van der Waals surface area contributed by atoms with Gasteiger partial charge in [0, 0.05) is 17.5 Å². The van der Waals surface area contributed by atoms with Crippen molar-refractivity contribution >= 4 is 11.9 Å². The van der Waals surface area contributed by atoms with Crippen molar-refractivity contribution in [1.29, 1.82) is 0 Å². The lowest BCUT2D eigenvalue weighted by Crippen LogP contribution is -2.14. The highest BCUT2D eigenvalue weighted by atomic mass is 16.5. The lowest BCUT2D eigenvalue weighted by Gasteiger charge is -2.17. The summed E-state index contributed by atoms with van der Waals surface area (Å²) in [5.74, 6) is 0.762. The fourth-order valence-corrected chi connectivity index (χ4v) is 3.53. The molecule has 2 aromatic rings. The number of amides is 1. The summed E-state index contributed by atoms with van der Waals surface area (Å²) in [6.45, 7) is 4.51. The third kappa shape index (κ3) is 7.30. The molecular weight excluding hydrogens is 426 g/mol. The lowest BCUT2D eigenvalue weighted by atomic mass is 10.0. The lowest BCUT2D eigenvalue weighted by molar-refractivity contribution is -0.139. The summed E-state index contributed by atoms with van der Waals surface area (Å²) in [6, 6.07) is 8.75. The van der Waals surface area contributed by atoms with Gasteiger partial charge in [0.2, 0.25) is 0 Å². The van der Waals surface area contributed by atoms with Crippen molar-refractivity contribution in [1.82, 2.24) is 0 Å². The molecule has 3 N–H and O–H groups in total. The molecule has 180 valence electrons. The van der Waals surface area contributed by atoms with Crippen LogP contribution in [0.4, 0.5) is 0 Å². The predicted molar refractivity (Wildman–Crippen MR) is 125 cm³/mol. The zero-order valence-corrected chi connectivity index (χ0v) is 19.5. The molecule has 8 nitrogen and oxygen atoms in total. The zero-order chi connectivity index (χ0) is 24.2. The van der Waals surface area contributed by atoms with Gasteiger partial charge < -0.3 is 29.8 Å². The largest absolute Gasteiger partial charge is 0.495 e. The summed E-state index contributed by atoms with van der Waals surface area (Å²) in [6.07, 6.45) is 3.76. The van der Waals surface area contributed by atoms with E-state index in [0.717, 1.165) is 24.0 Å². The molecule has 0 radical (unpaired) electrons. The SMILES string of the molecule is CCCc1c(OCCCOc2ccc(C(N)=O)c(OC)c2CCC)cccc1OCC(=O)O. The van der Waals surface area contributed by atoms with Crippen LogP contribution in [-0.4, -0.2) is 43.9 Å². The molecule has 0 aromatic heterocycles. The van der Waals surface area contributed by atoms with Crippen LogP contribution in [-0.2, 0) is 17.6 Å². The Morgan fingerprint density at radius 3 is 2.00 bits per heavy atom. The molecule has 0 aliphatic carbocycles. The van der Waals surface area contributed by atoms with Crippen LogP contribution >= 0.6 is 0 Å². The maximum atomic E-state index is 11.7. The fraction of sp³-hybridized carbons (Fsp3) is 0.440. The molecule has 0 saturated heterocycles. The van der Waals surface area contributed by atoms with Crippen LogP contribution in [0.25, 0.3) is 0 Å². The minimum absolute atomic E-state index is 0.338. The second kappa shape index (κ2) is 13.2.